The zero-order valence-electron chi connectivity index (χ0n) is 16.5. The minimum atomic E-state index is -0.362. The van der Waals surface area contributed by atoms with Crippen molar-refractivity contribution in [1.29, 1.82) is 0 Å². The first-order valence-electron chi connectivity index (χ1n) is 9.87. The SMILES string of the molecule is CCOC(=O)C1=C(C[NH+]2CCN(c3ccc(O)cc3)CC2)NC(=O)N[C@@H]1CC. The number of rotatable bonds is 6. The number of hydrogen-bond donors (Lipinski definition) is 4. The van der Waals surface area contributed by atoms with Gasteiger partial charge in [-0.3, -0.25) is 0 Å². The van der Waals surface area contributed by atoms with E-state index in [9.17, 15) is 14.7 Å². The van der Waals surface area contributed by atoms with Crippen LogP contribution in [0.5, 0.6) is 5.75 Å². The van der Waals surface area contributed by atoms with Gasteiger partial charge in [-0.2, -0.15) is 0 Å². The molecular formula is C20H29N4O4+. The highest BCUT2D eigenvalue weighted by molar-refractivity contribution is 5.94. The van der Waals surface area contributed by atoms with Gasteiger partial charge in [-0.1, -0.05) is 6.92 Å². The number of anilines is 1. The Morgan fingerprint density at radius 3 is 2.54 bits per heavy atom. The molecule has 152 valence electrons. The molecule has 4 N–H and O–H groups in total. The number of nitrogens with zero attached hydrogens (tertiary/aromatic N) is 1. The Hall–Kier alpha value is -2.74. The van der Waals surface area contributed by atoms with Gasteiger partial charge in [0.05, 0.1) is 50.1 Å². The Morgan fingerprint density at radius 2 is 1.93 bits per heavy atom. The number of piperazine rings is 1. The second-order valence-corrected chi connectivity index (χ2v) is 7.10. The van der Waals surface area contributed by atoms with Crippen molar-refractivity contribution in [3.8, 4) is 5.75 Å². The summed E-state index contributed by atoms with van der Waals surface area (Å²) >= 11 is 0. The van der Waals surface area contributed by atoms with Crippen LogP contribution in [0.1, 0.15) is 20.3 Å². The van der Waals surface area contributed by atoms with E-state index < -0.39 is 0 Å². The van der Waals surface area contributed by atoms with Crippen molar-refractivity contribution in [2.45, 2.75) is 26.3 Å². The van der Waals surface area contributed by atoms with Crippen molar-refractivity contribution < 1.29 is 24.3 Å². The van der Waals surface area contributed by atoms with Gasteiger partial charge in [0.15, 0.2) is 0 Å². The maximum Gasteiger partial charge on any atom is 0.338 e. The lowest BCUT2D eigenvalue weighted by Crippen LogP contribution is -3.15. The number of benzene rings is 1. The summed E-state index contributed by atoms with van der Waals surface area (Å²) < 4.78 is 5.23. The van der Waals surface area contributed by atoms with Crippen LogP contribution < -0.4 is 20.4 Å². The number of hydrogen-bond acceptors (Lipinski definition) is 5. The average molecular weight is 389 g/mol. The molecule has 1 atom stereocenters. The second-order valence-electron chi connectivity index (χ2n) is 7.10. The van der Waals surface area contributed by atoms with Crippen molar-refractivity contribution in [3.05, 3.63) is 35.5 Å². The van der Waals surface area contributed by atoms with E-state index in [1.54, 1.807) is 19.1 Å². The van der Waals surface area contributed by atoms with Crippen LogP contribution in [0.2, 0.25) is 0 Å². The van der Waals surface area contributed by atoms with E-state index in [4.69, 9.17) is 4.74 Å². The molecule has 1 fully saturated rings. The van der Waals surface area contributed by atoms with Crippen LogP contribution >= 0.6 is 0 Å². The molecule has 0 spiro atoms. The molecule has 3 rings (SSSR count). The molecule has 1 aromatic rings. The zero-order chi connectivity index (χ0) is 20.1. The van der Waals surface area contributed by atoms with Gasteiger partial charge in [0.2, 0.25) is 0 Å². The fraction of sp³-hybridized carbons (Fsp3) is 0.500. The van der Waals surface area contributed by atoms with Crippen molar-refractivity contribution in [1.82, 2.24) is 10.6 Å². The Kier molecular flexibility index (Phi) is 6.41. The van der Waals surface area contributed by atoms with E-state index >= 15 is 0 Å². The molecule has 0 radical (unpaired) electrons. The molecule has 8 heteroatoms. The molecule has 0 unspecified atom stereocenters. The molecule has 1 saturated heterocycles. The van der Waals surface area contributed by atoms with Crippen LogP contribution in [0.4, 0.5) is 10.5 Å². The molecule has 1 aromatic carbocycles. The minimum Gasteiger partial charge on any atom is -0.508 e. The number of quaternary nitrogens is 1. The normalized spacial score (nSPS) is 20.6. The fourth-order valence-electron chi connectivity index (χ4n) is 3.77. The lowest BCUT2D eigenvalue weighted by molar-refractivity contribution is -0.896. The fourth-order valence-corrected chi connectivity index (χ4v) is 3.77. The molecule has 0 saturated carbocycles. The minimum absolute atomic E-state index is 0.263. The molecule has 2 heterocycles. The summed E-state index contributed by atoms with van der Waals surface area (Å²) in [6.45, 7) is 8.12. The first kappa shape index (κ1) is 20.0. The molecule has 2 amide bonds. The van der Waals surface area contributed by atoms with Crippen LogP contribution in [0.25, 0.3) is 0 Å². The van der Waals surface area contributed by atoms with Crippen molar-refractivity contribution in [3.63, 3.8) is 0 Å². The highest BCUT2D eigenvalue weighted by Crippen LogP contribution is 2.19. The standard InChI is InChI=1S/C20H28N4O4/c1-3-16-18(19(26)28-4-2)17(22-20(27)21-16)13-23-9-11-24(12-10-23)14-5-7-15(25)8-6-14/h5-8,16,25H,3-4,9-13H2,1-2H3,(H2,21,22,27)/p+1/t16-/m1/s1. The Balaban J connectivity index is 1.69. The number of nitrogens with one attached hydrogen (secondary N) is 3. The van der Waals surface area contributed by atoms with E-state index in [-0.39, 0.29) is 23.8 Å². The number of carbonyl (C=O) groups is 2. The van der Waals surface area contributed by atoms with Crippen molar-refractivity contribution in [2.75, 3.05) is 44.2 Å². The summed E-state index contributed by atoms with van der Waals surface area (Å²) in [7, 11) is 0. The highest BCUT2D eigenvalue weighted by atomic mass is 16.5. The number of carbonyl (C=O) groups excluding carboxylic acids is 2. The number of phenols is 1. The van der Waals surface area contributed by atoms with Gasteiger partial charge in [-0.25, -0.2) is 9.59 Å². The van der Waals surface area contributed by atoms with Crippen molar-refractivity contribution in [2.24, 2.45) is 0 Å². The summed E-state index contributed by atoms with van der Waals surface area (Å²) in [5.74, 6) is -0.0995. The summed E-state index contributed by atoms with van der Waals surface area (Å²) in [5, 5.41) is 15.1. The second kappa shape index (κ2) is 8.97. The lowest BCUT2D eigenvalue weighted by Gasteiger charge is -2.35. The quantitative estimate of drug-likeness (QED) is 0.514. The number of amides is 2. The number of ether oxygens (including phenoxy) is 1. The number of esters is 1. The predicted octanol–water partition coefficient (Wildman–Crippen LogP) is 0.00570. The summed E-state index contributed by atoms with van der Waals surface area (Å²) in [4.78, 5) is 28.1. The van der Waals surface area contributed by atoms with Crippen LogP contribution in [0.3, 0.4) is 0 Å². The molecule has 2 aliphatic rings. The van der Waals surface area contributed by atoms with E-state index in [1.807, 2.05) is 19.1 Å². The Labute approximate surface area is 165 Å². The molecule has 0 bridgehead atoms. The number of urea groups is 1. The van der Waals surface area contributed by atoms with E-state index in [0.717, 1.165) is 31.9 Å². The molecular weight excluding hydrogens is 360 g/mol. The van der Waals surface area contributed by atoms with Gasteiger partial charge >= 0.3 is 12.0 Å². The molecule has 0 aliphatic carbocycles. The van der Waals surface area contributed by atoms with Crippen molar-refractivity contribution >= 4 is 17.7 Å². The number of aromatic hydroxyl groups is 1. The maximum absolute atomic E-state index is 12.5. The first-order valence-corrected chi connectivity index (χ1v) is 9.87. The third kappa shape index (κ3) is 4.56. The topological polar surface area (TPSA) is 95.3 Å². The largest absolute Gasteiger partial charge is 0.508 e. The van der Waals surface area contributed by atoms with Crippen LogP contribution in [0.15, 0.2) is 35.5 Å². The van der Waals surface area contributed by atoms with Gasteiger partial charge in [0.25, 0.3) is 0 Å². The van der Waals surface area contributed by atoms with E-state index in [1.165, 1.54) is 4.90 Å². The average Bonchev–Trinajstić information content (AvgIpc) is 2.69. The molecule has 0 aromatic heterocycles. The third-order valence-electron chi connectivity index (χ3n) is 5.26. The van der Waals surface area contributed by atoms with E-state index in [0.29, 0.717) is 30.8 Å². The van der Waals surface area contributed by atoms with Gasteiger partial charge in [0, 0.05) is 5.69 Å². The van der Waals surface area contributed by atoms with E-state index in [2.05, 4.69) is 15.5 Å². The van der Waals surface area contributed by atoms with Gasteiger partial charge in [-0.05, 0) is 37.6 Å². The maximum atomic E-state index is 12.5. The molecule has 8 nitrogen and oxygen atoms in total. The molecule has 28 heavy (non-hydrogen) atoms. The smallest absolute Gasteiger partial charge is 0.338 e. The third-order valence-corrected chi connectivity index (χ3v) is 5.26. The summed E-state index contributed by atoms with van der Waals surface area (Å²) in [5.41, 5.74) is 2.30. The van der Waals surface area contributed by atoms with Gasteiger partial charge in [0.1, 0.15) is 12.3 Å². The van der Waals surface area contributed by atoms with Gasteiger partial charge in [-0.15, -0.1) is 0 Å². The summed E-state index contributed by atoms with van der Waals surface area (Å²) in [6, 6.07) is 6.64. The predicted molar refractivity (Wildman–Crippen MR) is 105 cm³/mol. The van der Waals surface area contributed by atoms with Crippen LogP contribution in [-0.4, -0.2) is 62.5 Å². The van der Waals surface area contributed by atoms with Gasteiger partial charge < -0.3 is 30.3 Å². The Morgan fingerprint density at radius 1 is 1.25 bits per heavy atom. The Bertz CT molecular complexity index is 739. The van der Waals surface area contributed by atoms with Crippen LogP contribution in [-0.2, 0) is 9.53 Å². The summed E-state index contributed by atoms with van der Waals surface area (Å²) in [6.07, 6.45) is 0.634. The first-order chi connectivity index (χ1) is 13.5. The monoisotopic (exact) mass is 389 g/mol. The number of phenolic OH excluding ortho intramolecular Hbond substituents is 1. The lowest BCUT2D eigenvalue weighted by atomic mass is 10.00. The zero-order valence-corrected chi connectivity index (χ0v) is 16.5. The molecule has 2 aliphatic heterocycles. The van der Waals surface area contributed by atoms with Crippen LogP contribution in [0, 0.1) is 0 Å². The highest BCUT2D eigenvalue weighted by Gasteiger charge is 2.34.